The van der Waals surface area contributed by atoms with Crippen molar-refractivity contribution in [1.82, 2.24) is 4.72 Å². The number of hydrogen-bond acceptors (Lipinski definition) is 3. The third-order valence-electron chi connectivity index (χ3n) is 2.80. The molecule has 5 nitrogen and oxygen atoms in total. The lowest BCUT2D eigenvalue weighted by molar-refractivity contribution is -0.142. The highest BCUT2D eigenvalue weighted by molar-refractivity contribution is 7.89. The van der Waals surface area contributed by atoms with E-state index in [-0.39, 0.29) is 5.92 Å². The van der Waals surface area contributed by atoms with Crippen LogP contribution in [0.15, 0.2) is 23.1 Å². The fraction of sp³-hybridized carbons (Fsp3) is 0.417. The zero-order chi connectivity index (χ0) is 15.5. The Bertz CT molecular complexity index is 601. The van der Waals surface area contributed by atoms with Gasteiger partial charge in [0.1, 0.15) is 16.5 Å². The summed E-state index contributed by atoms with van der Waals surface area (Å²) in [4.78, 5) is 10.1. The second-order valence-corrected chi connectivity index (χ2v) is 6.35. The smallest absolute Gasteiger partial charge is 0.308 e. The minimum Gasteiger partial charge on any atom is -0.481 e. The molecule has 0 fully saturated rings. The fourth-order valence-electron chi connectivity index (χ4n) is 1.57. The number of nitrogens with one attached hydrogen (secondary N) is 1. The summed E-state index contributed by atoms with van der Waals surface area (Å²) in [5.41, 5.74) is 0. The number of halogens is 2. The molecule has 0 spiro atoms. The summed E-state index contributed by atoms with van der Waals surface area (Å²) < 4.78 is 52.1. The Balaban J connectivity index is 2.95. The number of benzene rings is 1. The quantitative estimate of drug-likeness (QED) is 0.836. The van der Waals surface area contributed by atoms with Gasteiger partial charge in [0.25, 0.3) is 0 Å². The molecule has 0 aliphatic carbocycles. The van der Waals surface area contributed by atoms with Gasteiger partial charge in [-0.05, 0) is 24.1 Å². The molecule has 1 atom stereocenters. The minimum atomic E-state index is -4.30. The first-order valence-corrected chi connectivity index (χ1v) is 7.31. The highest BCUT2D eigenvalue weighted by Gasteiger charge is 2.26. The van der Waals surface area contributed by atoms with Crippen LogP contribution in [0.5, 0.6) is 0 Å². The topological polar surface area (TPSA) is 83.5 Å². The van der Waals surface area contributed by atoms with Crippen LogP contribution in [0.1, 0.15) is 13.8 Å². The van der Waals surface area contributed by atoms with E-state index in [0.717, 1.165) is 6.07 Å². The minimum absolute atomic E-state index is 0.312. The molecule has 0 saturated heterocycles. The molecule has 8 heteroatoms. The van der Waals surface area contributed by atoms with E-state index < -0.39 is 45.0 Å². The van der Waals surface area contributed by atoms with Gasteiger partial charge in [0.05, 0.1) is 5.92 Å². The molecule has 0 heterocycles. The van der Waals surface area contributed by atoms with Crippen LogP contribution in [-0.4, -0.2) is 26.0 Å². The van der Waals surface area contributed by atoms with Crippen LogP contribution in [0.2, 0.25) is 0 Å². The van der Waals surface area contributed by atoms with Crippen LogP contribution in [-0.2, 0) is 14.8 Å². The average Bonchev–Trinajstić information content (AvgIpc) is 2.31. The maximum Gasteiger partial charge on any atom is 0.308 e. The molecule has 1 unspecified atom stereocenters. The molecule has 20 heavy (non-hydrogen) atoms. The van der Waals surface area contributed by atoms with Gasteiger partial charge in [0.2, 0.25) is 10.0 Å². The van der Waals surface area contributed by atoms with Gasteiger partial charge in [-0.3, -0.25) is 4.79 Å². The van der Waals surface area contributed by atoms with Crippen LogP contribution >= 0.6 is 0 Å². The Morgan fingerprint density at radius 3 is 2.45 bits per heavy atom. The maximum atomic E-state index is 13.4. The molecular formula is C12H15F2NO4S. The number of carboxylic acids is 1. The molecule has 0 radical (unpaired) electrons. The van der Waals surface area contributed by atoms with Gasteiger partial charge in [0.15, 0.2) is 0 Å². The summed E-state index contributed by atoms with van der Waals surface area (Å²) >= 11 is 0. The summed E-state index contributed by atoms with van der Waals surface area (Å²) in [5.74, 6) is -4.43. The Morgan fingerprint density at radius 1 is 1.35 bits per heavy atom. The molecule has 112 valence electrons. The van der Waals surface area contributed by atoms with Crippen molar-refractivity contribution in [3.8, 4) is 0 Å². The standard InChI is InChI=1S/C12H15F2NO4S/c1-7(2)9(12(16)17)6-15-20(18,19)11-5-8(13)3-4-10(11)14/h3-5,7,9,15H,6H2,1-2H3,(H,16,17). The van der Waals surface area contributed by atoms with E-state index in [4.69, 9.17) is 5.11 Å². The van der Waals surface area contributed by atoms with Crippen molar-refractivity contribution >= 4 is 16.0 Å². The Hall–Kier alpha value is -1.54. The third kappa shape index (κ3) is 3.97. The molecule has 1 rings (SSSR count). The van der Waals surface area contributed by atoms with Gasteiger partial charge in [-0.1, -0.05) is 13.8 Å². The Labute approximate surface area is 115 Å². The van der Waals surface area contributed by atoms with Crippen molar-refractivity contribution in [1.29, 1.82) is 0 Å². The maximum absolute atomic E-state index is 13.4. The predicted molar refractivity (Wildman–Crippen MR) is 67.5 cm³/mol. The molecular weight excluding hydrogens is 292 g/mol. The summed E-state index contributed by atoms with van der Waals surface area (Å²) in [5, 5.41) is 8.94. The molecule has 1 aromatic rings. The summed E-state index contributed by atoms with van der Waals surface area (Å²) in [6, 6.07) is 2.03. The largest absolute Gasteiger partial charge is 0.481 e. The molecule has 2 N–H and O–H groups in total. The monoisotopic (exact) mass is 307 g/mol. The number of hydrogen-bond donors (Lipinski definition) is 2. The number of carbonyl (C=O) groups is 1. The average molecular weight is 307 g/mol. The molecule has 0 amide bonds. The van der Waals surface area contributed by atoms with E-state index in [1.165, 1.54) is 0 Å². The lowest BCUT2D eigenvalue weighted by Gasteiger charge is -2.17. The van der Waals surface area contributed by atoms with Gasteiger partial charge in [-0.2, -0.15) is 0 Å². The SMILES string of the molecule is CC(C)C(CNS(=O)(=O)c1cc(F)ccc1F)C(=O)O. The van der Waals surface area contributed by atoms with E-state index in [9.17, 15) is 22.0 Å². The lowest BCUT2D eigenvalue weighted by Crippen LogP contribution is -2.35. The number of rotatable bonds is 6. The van der Waals surface area contributed by atoms with Crippen LogP contribution in [0.25, 0.3) is 0 Å². The van der Waals surface area contributed by atoms with Crippen molar-refractivity contribution in [3.63, 3.8) is 0 Å². The van der Waals surface area contributed by atoms with Gasteiger partial charge < -0.3 is 5.11 Å². The Kier molecular flexibility index (Phi) is 5.18. The van der Waals surface area contributed by atoms with Crippen molar-refractivity contribution in [2.45, 2.75) is 18.7 Å². The van der Waals surface area contributed by atoms with Gasteiger partial charge >= 0.3 is 5.97 Å². The van der Waals surface area contributed by atoms with E-state index in [1.54, 1.807) is 13.8 Å². The second-order valence-electron chi connectivity index (χ2n) is 4.62. The molecule has 0 aliphatic rings. The van der Waals surface area contributed by atoms with Crippen molar-refractivity contribution in [3.05, 3.63) is 29.8 Å². The summed E-state index contributed by atoms with van der Waals surface area (Å²) in [6.45, 7) is 2.84. The fourth-order valence-corrected chi connectivity index (χ4v) is 2.72. The van der Waals surface area contributed by atoms with Gasteiger partial charge in [-0.25, -0.2) is 21.9 Å². The molecule has 0 bridgehead atoms. The van der Waals surface area contributed by atoms with Crippen LogP contribution in [0, 0.1) is 23.5 Å². The van der Waals surface area contributed by atoms with Crippen LogP contribution in [0.3, 0.4) is 0 Å². The highest BCUT2D eigenvalue weighted by atomic mass is 32.2. The molecule has 0 aliphatic heterocycles. The van der Waals surface area contributed by atoms with Crippen molar-refractivity contribution in [2.24, 2.45) is 11.8 Å². The first-order chi connectivity index (χ1) is 9.15. The predicted octanol–water partition coefficient (Wildman–Crippen LogP) is 1.60. The van der Waals surface area contributed by atoms with E-state index in [0.29, 0.717) is 12.1 Å². The zero-order valence-electron chi connectivity index (χ0n) is 10.9. The molecule has 0 aromatic heterocycles. The first-order valence-electron chi connectivity index (χ1n) is 5.82. The van der Waals surface area contributed by atoms with Crippen molar-refractivity contribution < 1.29 is 27.1 Å². The Morgan fingerprint density at radius 2 is 1.95 bits per heavy atom. The zero-order valence-corrected chi connectivity index (χ0v) is 11.7. The number of aliphatic carboxylic acids is 1. The number of carboxylic acid groups (broad SMARTS) is 1. The van der Waals surface area contributed by atoms with E-state index in [1.807, 2.05) is 4.72 Å². The van der Waals surface area contributed by atoms with Gasteiger partial charge in [-0.15, -0.1) is 0 Å². The highest BCUT2D eigenvalue weighted by Crippen LogP contribution is 2.17. The normalized spacial score (nSPS) is 13.4. The molecule has 0 saturated carbocycles. The van der Waals surface area contributed by atoms with E-state index >= 15 is 0 Å². The van der Waals surface area contributed by atoms with Crippen LogP contribution in [0.4, 0.5) is 8.78 Å². The van der Waals surface area contributed by atoms with Crippen molar-refractivity contribution in [2.75, 3.05) is 6.54 Å². The third-order valence-corrected chi connectivity index (χ3v) is 4.24. The summed E-state index contributed by atoms with van der Waals surface area (Å²) in [6.07, 6.45) is 0. The first kappa shape index (κ1) is 16.5. The van der Waals surface area contributed by atoms with Crippen LogP contribution < -0.4 is 4.72 Å². The summed E-state index contributed by atoms with van der Waals surface area (Å²) in [7, 11) is -4.30. The van der Waals surface area contributed by atoms with Gasteiger partial charge in [0, 0.05) is 6.54 Å². The molecule has 1 aromatic carbocycles. The lowest BCUT2D eigenvalue weighted by atomic mass is 9.97. The number of sulfonamides is 1. The van der Waals surface area contributed by atoms with E-state index in [2.05, 4.69) is 0 Å². The second kappa shape index (κ2) is 6.27.